The topological polar surface area (TPSA) is 111 Å². The van der Waals surface area contributed by atoms with Crippen LogP contribution < -0.4 is 14.8 Å². The molecule has 180 valence electrons. The zero-order valence-corrected chi connectivity index (χ0v) is 20.2. The third-order valence-electron chi connectivity index (χ3n) is 4.63. The zero-order valence-electron chi connectivity index (χ0n) is 18.6. The average Bonchev–Trinajstić information content (AvgIpc) is 3.10. The molecule has 0 bridgehead atoms. The van der Waals surface area contributed by atoms with Crippen molar-refractivity contribution in [3.63, 3.8) is 0 Å². The normalized spacial score (nSPS) is 14.0. The van der Waals surface area contributed by atoms with E-state index in [0.717, 1.165) is 4.90 Å². The van der Waals surface area contributed by atoms with E-state index in [0.29, 0.717) is 28.8 Å². The van der Waals surface area contributed by atoms with Crippen LogP contribution in [0.15, 0.2) is 41.3 Å². The van der Waals surface area contributed by atoms with Crippen LogP contribution in [0.5, 0.6) is 11.5 Å². The first-order valence-electron chi connectivity index (χ1n) is 9.94. The van der Waals surface area contributed by atoms with E-state index in [-0.39, 0.29) is 27.8 Å². The molecule has 1 N–H and O–H groups in total. The molecule has 0 aliphatic carbocycles. The third-order valence-corrected chi connectivity index (χ3v) is 5.86. The van der Waals surface area contributed by atoms with Crippen LogP contribution in [-0.2, 0) is 14.3 Å². The lowest BCUT2D eigenvalue weighted by molar-refractivity contribution is -0.127. The lowest BCUT2D eigenvalue weighted by atomic mass is 10.2. The molecule has 0 spiro atoms. The smallest absolute Gasteiger partial charge is 0.339 e. The molecule has 1 aliphatic rings. The van der Waals surface area contributed by atoms with E-state index in [9.17, 15) is 19.2 Å². The molecule has 3 amide bonds. The number of hydrogen-bond acceptors (Lipinski definition) is 8. The number of carbonyl (C=O) groups is 4. The molecular weight excluding hydrogens is 496 g/mol. The summed E-state index contributed by atoms with van der Waals surface area (Å²) in [6.45, 7) is -0.447. The Bertz CT molecular complexity index is 1270. The van der Waals surface area contributed by atoms with Crippen molar-refractivity contribution >= 4 is 58.1 Å². The summed E-state index contributed by atoms with van der Waals surface area (Å²) in [6.07, 6.45) is 6.71. The van der Waals surface area contributed by atoms with E-state index < -0.39 is 29.6 Å². The molecule has 3 rings (SSSR count). The number of nitrogens with zero attached hydrogens (tertiary/aromatic N) is 1. The number of imide groups is 1. The van der Waals surface area contributed by atoms with Gasteiger partial charge in [0.1, 0.15) is 13.2 Å². The van der Waals surface area contributed by atoms with Gasteiger partial charge in [-0.05, 0) is 53.7 Å². The molecule has 0 unspecified atom stereocenters. The minimum atomic E-state index is -0.672. The van der Waals surface area contributed by atoms with Crippen LogP contribution in [0, 0.1) is 12.3 Å². The number of esters is 1. The van der Waals surface area contributed by atoms with E-state index in [4.69, 9.17) is 27.5 Å². The second-order valence-electron chi connectivity index (χ2n) is 6.91. The van der Waals surface area contributed by atoms with Crippen LogP contribution in [0.4, 0.5) is 10.5 Å². The number of methoxy groups -OCH3 is 2. The van der Waals surface area contributed by atoms with Gasteiger partial charge in [0.2, 0.25) is 5.91 Å². The summed E-state index contributed by atoms with van der Waals surface area (Å²) in [6, 6.07) is 9.17. The number of halogens is 1. The van der Waals surface area contributed by atoms with Gasteiger partial charge >= 0.3 is 5.97 Å². The van der Waals surface area contributed by atoms with Gasteiger partial charge in [-0.3, -0.25) is 19.3 Å². The van der Waals surface area contributed by atoms with Crippen molar-refractivity contribution in [1.29, 1.82) is 0 Å². The lowest BCUT2D eigenvalue weighted by Gasteiger charge is -2.13. The number of benzene rings is 2. The number of ether oxygens (including phenoxy) is 3. The number of anilines is 1. The largest absolute Gasteiger partial charge is 0.493 e. The van der Waals surface area contributed by atoms with Crippen LogP contribution >= 0.6 is 23.4 Å². The fourth-order valence-corrected chi connectivity index (χ4v) is 4.05. The van der Waals surface area contributed by atoms with Gasteiger partial charge in [-0.2, -0.15) is 0 Å². The molecule has 35 heavy (non-hydrogen) atoms. The van der Waals surface area contributed by atoms with E-state index >= 15 is 0 Å². The van der Waals surface area contributed by atoms with Gasteiger partial charge in [0, 0.05) is 5.69 Å². The van der Waals surface area contributed by atoms with E-state index in [1.54, 1.807) is 18.2 Å². The van der Waals surface area contributed by atoms with E-state index in [1.807, 2.05) is 0 Å². The van der Waals surface area contributed by atoms with E-state index in [2.05, 4.69) is 16.0 Å². The second kappa shape index (κ2) is 11.5. The first kappa shape index (κ1) is 25.7. The highest BCUT2D eigenvalue weighted by Gasteiger charge is 2.36. The van der Waals surface area contributed by atoms with Crippen molar-refractivity contribution in [2.24, 2.45) is 0 Å². The highest BCUT2D eigenvalue weighted by Crippen LogP contribution is 2.34. The number of thioether (sulfide) groups is 1. The van der Waals surface area contributed by atoms with Crippen molar-refractivity contribution in [1.82, 2.24) is 4.90 Å². The highest BCUT2D eigenvalue weighted by molar-refractivity contribution is 8.18. The average molecular weight is 515 g/mol. The quantitative estimate of drug-likeness (QED) is 0.321. The minimum absolute atomic E-state index is 0.0622. The van der Waals surface area contributed by atoms with Gasteiger partial charge in [0.25, 0.3) is 11.1 Å². The van der Waals surface area contributed by atoms with Crippen molar-refractivity contribution in [3.8, 4) is 23.8 Å². The summed E-state index contributed by atoms with van der Waals surface area (Å²) >= 11 is 6.68. The first-order chi connectivity index (χ1) is 16.8. The van der Waals surface area contributed by atoms with Gasteiger partial charge < -0.3 is 19.5 Å². The zero-order chi connectivity index (χ0) is 25.5. The summed E-state index contributed by atoms with van der Waals surface area (Å²) in [7, 11) is 2.66. The second-order valence-corrected chi connectivity index (χ2v) is 8.31. The Morgan fingerprint density at radius 3 is 2.63 bits per heavy atom. The number of hydrogen-bond donors (Lipinski definition) is 1. The monoisotopic (exact) mass is 514 g/mol. The molecule has 0 saturated carbocycles. The molecule has 1 saturated heterocycles. The highest BCUT2D eigenvalue weighted by atomic mass is 35.5. The Hall–Kier alpha value is -3.94. The van der Waals surface area contributed by atoms with Crippen LogP contribution in [-0.4, -0.2) is 55.3 Å². The fraction of sp³-hybridized carbons (Fsp3) is 0.167. The van der Waals surface area contributed by atoms with Gasteiger partial charge in [0.15, 0.2) is 11.5 Å². The molecule has 0 radical (unpaired) electrons. The predicted molar refractivity (Wildman–Crippen MR) is 131 cm³/mol. The first-order valence-corrected chi connectivity index (χ1v) is 11.1. The molecule has 2 aromatic carbocycles. The third kappa shape index (κ3) is 6.15. The van der Waals surface area contributed by atoms with Gasteiger partial charge in [0.05, 0.1) is 29.7 Å². The fourth-order valence-electron chi connectivity index (χ4n) is 3.01. The lowest BCUT2D eigenvalue weighted by Crippen LogP contribution is -2.36. The maximum atomic E-state index is 12.8. The molecule has 1 heterocycles. The predicted octanol–water partition coefficient (Wildman–Crippen LogP) is 3.82. The van der Waals surface area contributed by atoms with Gasteiger partial charge in [-0.25, -0.2) is 4.79 Å². The maximum absolute atomic E-state index is 12.8. The van der Waals surface area contributed by atoms with Crippen LogP contribution in [0.25, 0.3) is 6.08 Å². The standard InChI is InChI=1S/C24H19ClN2O7S/c1-4-9-34-18-8-5-14(10-19(18)32-2)11-20-22(29)27(24(31)35-20)13-21(28)26-15-6-7-17(25)16(12-15)23(30)33-3/h1,5-8,10-12H,9,13H2,2-3H3,(H,26,28)/b20-11-. The van der Waals surface area contributed by atoms with Crippen LogP contribution in [0.1, 0.15) is 15.9 Å². The maximum Gasteiger partial charge on any atom is 0.339 e. The van der Waals surface area contributed by atoms with Crippen LogP contribution in [0.2, 0.25) is 5.02 Å². The summed E-state index contributed by atoms with van der Waals surface area (Å²) in [5, 5.41) is 2.09. The Morgan fingerprint density at radius 2 is 1.94 bits per heavy atom. The number of carbonyl (C=O) groups excluding carboxylic acids is 4. The van der Waals surface area contributed by atoms with E-state index in [1.165, 1.54) is 38.5 Å². The Kier molecular flexibility index (Phi) is 8.41. The van der Waals surface area contributed by atoms with Gasteiger partial charge in [-0.1, -0.05) is 23.6 Å². The molecule has 1 aliphatic heterocycles. The number of terminal acetylenes is 1. The summed E-state index contributed by atoms with van der Waals surface area (Å²) in [5.74, 6) is 1.27. The molecule has 9 nitrogen and oxygen atoms in total. The molecule has 0 atom stereocenters. The summed E-state index contributed by atoms with van der Waals surface area (Å²) in [4.78, 5) is 50.4. The number of nitrogens with one attached hydrogen (secondary N) is 1. The molecule has 11 heteroatoms. The molecule has 0 aromatic heterocycles. The van der Waals surface area contributed by atoms with Crippen molar-refractivity contribution < 1.29 is 33.4 Å². The van der Waals surface area contributed by atoms with Gasteiger partial charge in [-0.15, -0.1) is 6.42 Å². The Balaban J connectivity index is 1.71. The summed E-state index contributed by atoms with van der Waals surface area (Å²) < 4.78 is 15.3. The number of rotatable bonds is 8. The van der Waals surface area contributed by atoms with Crippen molar-refractivity contribution in [2.45, 2.75) is 0 Å². The number of amides is 3. The SMILES string of the molecule is C#CCOc1ccc(/C=C2\SC(=O)N(CC(=O)Nc3ccc(Cl)c(C(=O)OC)c3)C2=O)cc1OC. The van der Waals surface area contributed by atoms with Crippen molar-refractivity contribution in [2.75, 3.05) is 32.7 Å². The van der Waals surface area contributed by atoms with Crippen molar-refractivity contribution in [3.05, 3.63) is 57.5 Å². The minimum Gasteiger partial charge on any atom is -0.493 e. The molecule has 1 fully saturated rings. The van der Waals surface area contributed by atoms with Crippen LogP contribution in [0.3, 0.4) is 0 Å². The molecule has 2 aromatic rings. The Labute approximate surface area is 210 Å². The summed E-state index contributed by atoms with van der Waals surface area (Å²) in [5.41, 5.74) is 0.898. The molecular formula is C24H19ClN2O7S. The Morgan fingerprint density at radius 1 is 1.17 bits per heavy atom.